The first-order valence-electron chi connectivity index (χ1n) is 6.99. The molecule has 0 atom stereocenters. The van der Waals surface area contributed by atoms with Gasteiger partial charge in [0.2, 0.25) is 11.7 Å². The summed E-state index contributed by atoms with van der Waals surface area (Å²) in [5.41, 5.74) is 1.75. The molecular weight excluding hydrogens is 316 g/mol. The Bertz CT molecular complexity index is 817. The van der Waals surface area contributed by atoms with E-state index in [1.54, 1.807) is 20.3 Å². The third-order valence-electron chi connectivity index (χ3n) is 3.36. The second-order valence-electron chi connectivity index (χ2n) is 4.88. The van der Waals surface area contributed by atoms with Crippen LogP contribution < -0.4 is 9.47 Å². The molecular formula is C17H15ClN2O3. The molecule has 0 bridgehead atoms. The summed E-state index contributed by atoms with van der Waals surface area (Å²) in [4.78, 5) is 4.43. The summed E-state index contributed by atoms with van der Waals surface area (Å²) in [6.45, 7) is 0. The molecule has 0 radical (unpaired) electrons. The molecule has 0 aliphatic carbocycles. The van der Waals surface area contributed by atoms with Gasteiger partial charge in [0, 0.05) is 11.1 Å². The Labute approximate surface area is 138 Å². The summed E-state index contributed by atoms with van der Waals surface area (Å²) in [6.07, 6.45) is 0.520. The van der Waals surface area contributed by atoms with Gasteiger partial charge in [0.05, 0.1) is 26.2 Å². The van der Waals surface area contributed by atoms with Crippen molar-refractivity contribution in [2.24, 2.45) is 0 Å². The second-order valence-corrected chi connectivity index (χ2v) is 5.32. The van der Waals surface area contributed by atoms with Crippen molar-refractivity contribution in [3.8, 4) is 22.9 Å². The van der Waals surface area contributed by atoms with Crippen LogP contribution in [0.15, 0.2) is 47.0 Å². The van der Waals surface area contributed by atoms with Gasteiger partial charge in [-0.05, 0) is 29.8 Å². The molecule has 0 saturated carbocycles. The number of benzene rings is 2. The summed E-state index contributed by atoms with van der Waals surface area (Å²) in [5, 5.41) is 4.71. The monoisotopic (exact) mass is 330 g/mol. The Hall–Kier alpha value is -2.53. The van der Waals surface area contributed by atoms with Crippen LogP contribution in [0.2, 0.25) is 5.02 Å². The molecule has 23 heavy (non-hydrogen) atoms. The van der Waals surface area contributed by atoms with Crippen molar-refractivity contribution in [1.82, 2.24) is 10.1 Å². The van der Waals surface area contributed by atoms with Gasteiger partial charge >= 0.3 is 0 Å². The van der Waals surface area contributed by atoms with Crippen LogP contribution in [-0.4, -0.2) is 24.4 Å². The van der Waals surface area contributed by atoms with Crippen molar-refractivity contribution in [3.05, 3.63) is 58.9 Å². The smallest absolute Gasteiger partial charge is 0.231 e. The molecule has 3 rings (SSSR count). The van der Waals surface area contributed by atoms with Gasteiger partial charge in [-0.1, -0.05) is 28.9 Å². The highest BCUT2D eigenvalue weighted by molar-refractivity contribution is 6.30. The van der Waals surface area contributed by atoms with E-state index >= 15 is 0 Å². The quantitative estimate of drug-likeness (QED) is 0.707. The first-order valence-corrected chi connectivity index (χ1v) is 7.37. The predicted octanol–water partition coefficient (Wildman–Crippen LogP) is 4.00. The van der Waals surface area contributed by atoms with Crippen LogP contribution in [0.3, 0.4) is 0 Å². The molecule has 3 aromatic rings. The minimum atomic E-state index is 0.474. The maximum atomic E-state index is 5.99. The molecule has 0 N–H and O–H groups in total. The topological polar surface area (TPSA) is 57.4 Å². The highest BCUT2D eigenvalue weighted by Crippen LogP contribution is 2.31. The summed E-state index contributed by atoms with van der Waals surface area (Å²) >= 11 is 5.99. The van der Waals surface area contributed by atoms with E-state index in [4.69, 9.17) is 25.6 Å². The SMILES string of the molecule is COc1ccc(-c2noc(Cc3cccc(Cl)c3)n2)c(OC)c1. The van der Waals surface area contributed by atoms with E-state index in [1.807, 2.05) is 36.4 Å². The normalized spacial score (nSPS) is 10.6. The van der Waals surface area contributed by atoms with E-state index in [9.17, 15) is 0 Å². The average molecular weight is 331 g/mol. The van der Waals surface area contributed by atoms with Crippen molar-refractivity contribution in [3.63, 3.8) is 0 Å². The highest BCUT2D eigenvalue weighted by Gasteiger charge is 2.14. The molecule has 0 aliphatic heterocycles. The third kappa shape index (κ3) is 3.46. The van der Waals surface area contributed by atoms with Crippen LogP contribution >= 0.6 is 11.6 Å². The summed E-state index contributed by atoms with van der Waals surface area (Å²) < 4.78 is 15.9. The van der Waals surface area contributed by atoms with Crippen molar-refractivity contribution in [1.29, 1.82) is 0 Å². The van der Waals surface area contributed by atoms with Crippen LogP contribution in [0.25, 0.3) is 11.4 Å². The number of aromatic nitrogens is 2. The summed E-state index contributed by atoms with van der Waals surface area (Å²) in [7, 11) is 3.19. The van der Waals surface area contributed by atoms with Crippen LogP contribution in [0.4, 0.5) is 0 Å². The zero-order valence-electron chi connectivity index (χ0n) is 12.7. The van der Waals surface area contributed by atoms with Gasteiger partial charge in [-0.15, -0.1) is 0 Å². The van der Waals surface area contributed by atoms with Crippen molar-refractivity contribution in [2.75, 3.05) is 14.2 Å². The Morgan fingerprint density at radius 2 is 1.96 bits per heavy atom. The zero-order chi connectivity index (χ0) is 16.2. The van der Waals surface area contributed by atoms with Gasteiger partial charge in [-0.25, -0.2) is 0 Å². The Balaban J connectivity index is 1.87. The van der Waals surface area contributed by atoms with Crippen LogP contribution in [-0.2, 0) is 6.42 Å². The molecule has 5 nitrogen and oxygen atoms in total. The fraction of sp³-hybridized carbons (Fsp3) is 0.176. The van der Waals surface area contributed by atoms with Crippen LogP contribution in [0, 0.1) is 0 Å². The number of methoxy groups -OCH3 is 2. The number of rotatable bonds is 5. The molecule has 1 heterocycles. The number of nitrogens with zero attached hydrogens (tertiary/aromatic N) is 2. The largest absolute Gasteiger partial charge is 0.497 e. The van der Waals surface area contributed by atoms with Gasteiger partial charge in [-0.3, -0.25) is 0 Å². The Kier molecular flexibility index (Phi) is 4.48. The van der Waals surface area contributed by atoms with Gasteiger partial charge in [0.1, 0.15) is 11.5 Å². The molecule has 0 aliphatic rings. The van der Waals surface area contributed by atoms with E-state index in [2.05, 4.69) is 10.1 Å². The zero-order valence-corrected chi connectivity index (χ0v) is 13.5. The lowest BCUT2D eigenvalue weighted by atomic mass is 10.1. The third-order valence-corrected chi connectivity index (χ3v) is 3.60. The summed E-state index contributed by atoms with van der Waals surface area (Å²) in [6, 6.07) is 13.0. The van der Waals surface area contributed by atoms with E-state index in [0.29, 0.717) is 34.7 Å². The van der Waals surface area contributed by atoms with Gasteiger partial charge in [-0.2, -0.15) is 4.98 Å². The maximum absolute atomic E-state index is 5.99. The van der Waals surface area contributed by atoms with E-state index < -0.39 is 0 Å². The lowest BCUT2D eigenvalue weighted by Gasteiger charge is -2.07. The summed E-state index contributed by atoms with van der Waals surface area (Å²) in [5.74, 6) is 2.31. The average Bonchev–Trinajstić information content (AvgIpc) is 3.02. The van der Waals surface area contributed by atoms with Gasteiger partial charge in [0.25, 0.3) is 0 Å². The molecule has 0 spiro atoms. The molecule has 0 unspecified atom stereocenters. The predicted molar refractivity (Wildman–Crippen MR) is 87.1 cm³/mol. The number of ether oxygens (including phenoxy) is 2. The fourth-order valence-corrected chi connectivity index (χ4v) is 2.45. The van der Waals surface area contributed by atoms with Crippen LogP contribution in [0.1, 0.15) is 11.5 Å². The second kappa shape index (κ2) is 6.71. The lowest BCUT2D eigenvalue weighted by molar-refractivity contribution is 0.383. The molecule has 2 aromatic carbocycles. The fourth-order valence-electron chi connectivity index (χ4n) is 2.24. The van der Waals surface area contributed by atoms with E-state index in [-0.39, 0.29) is 0 Å². The minimum absolute atomic E-state index is 0.474. The number of hydrogen-bond donors (Lipinski definition) is 0. The molecule has 0 amide bonds. The van der Waals surface area contributed by atoms with Gasteiger partial charge in [0.15, 0.2) is 0 Å². The minimum Gasteiger partial charge on any atom is -0.497 e. The van der Waals surface area contributed by atoms with Gasteiger partial charge < -0.3 is 14.0 Å². The molecule has 0 fully saturated rings. The first kappa shape index (κ1) is 15.4. The lowest BCUT2D eigenvalue weighted by Crippen LogP contribution is -1.92. The van der Waals surface area contributed by atoms with E-state index in [1.165, 1.54) is 0 Å². The number of halogens is 1. The molecule has 0 saturated heterocycles. The molecule has 1 aromatic heterocycles. The first-order chi connectivity index (χ1) is 11.2. The van der Waals surface area contributed by atoms with Crippen molar-refractivity contribution < 1.29 is 14.0 Å². The van der Waals surface area contributed by atoms with Crippen LogP contribution in [0.5, 0.6) is 11.5 Å². The van der Waals surface area contributed by atoms with Crippen molar-refractivity contribution >= 4 is 11.6 Å². The standard InChI is InChI=1S/C17H15ClN2O3/c1-21-13-6-7-14(15(10-13)22-2)17-19-16(23-20-17)9-11-4-3-5-12(18)8-11/h3-8,10H,9H2,1-2H3. The Morgan fingerprint density at radius 3 is 2.70 bits per heavy atom. The molecule has 6 heteroatoms. The van der Waals surface area contributed by atoms with Crippen molar-refractivity contribution in [2.45, 2.75) is 6.42 Å². The molecule has 118 valence electrons. The maximum Gasteiger partial charge on any atom is 0.231 e. The number of hydrogen-bond acceptors (Lipinski definition) is 5. The Morgan fingerprint density at radius 1 is 1.09 bits per heavy atom. The van der Waals surface area contributed by atoms with E-state index in [0.717, 1.165) is 11.1 Å². The highest BCUT2D eigenvalue weighted by atomic mass is 35.5.